The molecule has 5 heteroatoms. The highest BCUT2D eigenvalue weighted by molar-refractivity contribution is 5.76. The minimum absolute atomic E-state index is 0.0580. The van der Waals surface area contributed by atoms with E-state index in [1.165, 1.54) is 0 Å². The third-order valence-corrected chi connectivity index (χ3v) is 6.07. The van der Waals surface area contributed by atoms with Crippen LogP contribution in [-0.4, -0.2) is 41.6 Å². The Labute approximate surface area is 120 Å². The molecule has 1 aliphatic heterocycles. The van der Waals surface area contributed by atoms with E-state index in [0.717, 1.165) is 0 Å². The molecule has 1 heterocycles. The van der Waals surface area contributed by atoms with Gasteiger partial charge in [0.2, 0.25) is 0 Å². The van der Waals surface area contributed by atoms with E-state index in [1.54, 1.807) is 11.8 Å². The van der Waals surface area contributed by atoms with Crippen molar-refractivity contribution < 1.29 is 14.7 Å². The van der Waals surface area contributed by atoms with E-state index < -0.39 is 5.97 Å². The predicted octanol–water partition coefficient (Wildman–Crippen LogP) is 2.03. The summed E-state index contributed by atoms with van der Waals surface area (Å²) in [7, 11) is 0. The van der Waals surface area contributed by atoms with Crippen molar-refractivity contribution in [2.24, 2.45) is 28.6 Å². The molecule has 1 saturated heterocycles. The maximum Gasteiger partial charge on any atom is 0.317 e. The van der Waals surface area contributed by atoms with Crippen LogP contribution in [0.4, 0.5) is 4.79 Å². The van der Waals surface area contributed by atoms with Crippen molar-refractivity contribution in [1.82, 2.24) is 10.2 Å². The van der Waals surface area contributed by atoms with Crippen molar-refractivity contribution in [2.45, 2.75) is 34.6 Å². The zero-order chi connectivity index (χ0) is 15.3. The Hall–Kier alpha value is -1.26. The number of rotatable bonds is 4. The van der Waals surface area contributed by atoms with Crippen LogP contribution in [0.25, 0.3) is 0 Å². The standard InChI is InChI=1S/C15H26N2O3/c1-9(12(18)19)10-7-17(8-10)13(20)16-6-11-14(2,3)15(11,4)5/h9-11H,6-8H2,1-5H3,(H,16,20)(H,18,19). The summed E-state index contributed by atoms with van der Waals surface area (Å²) in [5.74, 6) is -0.557. The minimum atomic E-state index is -0.781. The maximum atomic E-state index is 12.0. The second-order valence-corrected chi connectivity index (χ2v) is 7.47. The topological polar surface area (TPSA) is 69.6 Å². The van der Waals surface area contributed by atoms with Gasteiger partial charge in [0.15, 0.2) is 0 Å². The lowest BCUT2D eigenvalue weighted by Gasteiger charge is -2.41. The van der Waals surface area contributed by atoms with Gasteiger partial charge >= 0.3 is 12.0 Å². The van der Waals surface area contributed by atoms with E-state index in [9.17, 15) is 9.59 Å². The first-order valence-electron chi connectivity index (χ1n) is 7.34. The number of urea groups is 1. The lowest BCUT2D eigenvalue weighted by atomic mass is 9.87. The van der Waals surface area contributed by atoms with Gasteiger partial charge in [0.1, 0.15) is 0 Å². The molecule has 2 rings (SSSR count). The molecular weight excluding hydrogens is 256 g/mol. The quantitative estimate of drug-likeness (QED) is 0.829. The summed E-state index contributed by atoms with van der Waals surface area (Å²) in [6.45, 7) is 12.4. The van der Waals surface area contributed by atoms with Crippen LogP contribution >= 0.6 is 0 Å². The van der Waals surface area contributed by atoms with Gasteiger partial charge in [-0.1, -0.05) is 34.6 Å². The van der Waals surface area contributed by atoms with E-state index in [2.05, 4.69) is 33.0 Å². The third kappa shape index (κ3) is 2.27. The number of likely N-dealkylation sites (tertiary alicyclic amines) is 1. The fraction of sp³-hybridized carbons (Fsp3) is 0.867. The summed E-state index contributed by atoms with van der Waals surface area (Å²) in [4.78, 5) is 24.5. The van der Waals surface area contributed by atoms with Crippen molar-refractivity contribution in [3.05, 3.63) is 0 Å². The summed E-state index contributed by atoms with van der Waals surface area (Å²) in [5.41, 5.74) is 0.547. The van der Waals surface area contributed by atoms with Crippen molar-refractivity contribution in [3.63, 3.8) is 0 Å². The Balaban J connectivity index is 1.72. The van der Waals surface area contributed by atoms with Gasteiger partial charge in [0.05, 0.1) is 5.92 Å². The van der Waals surface area contributed by atoms with Gasteiger partial charge in [-0.05, 0) is 16.7 Å². The molecule has 0 aromatic carbocycles. The summed E-state index contributed by atoms with van der Waals surface area (Å²) in [6.07, 6.45) is 0. The van der Waals surface area contributed by atoms with E-state index in [0.29, 0.717) is 25.6 Å². The number of hydrogen-bond acceptors (Lipinski definition) is 2. The molecule has 5 nitrogen and oxygen atoms in total. The second-order valence-electron chi connectivity index (χ2n) is 7.47. The average molecular weight is 282 g/mol. The van der Waals surface area contributed by atoms with Gasteiger partial charge in [-0.2, -0.15) is 0 Å². The first-order valence-corrected chi connectivity index (χ1v) is 7.34. The SMILES string of the molecule is CC(C(=O)O)C1CN(C(=O)NCC2C(C)(C)C2(C)C)C1. The van der Waals surface area contributed by atoms with Gasteiger partial charge in [-0.3, -0.25) is 4.79 Å². The maximum absolute atomic E-state index is 12.0. The normalized spacial score (nSPS) is 25.8. The lowest BCUT2D eigenvalue weighted by molar-refractivity contribution is -0.144. The van der Waals surface area contributed by atoms with Crippen molar-refractivity contribution in [3.8, 4) is 0 Å². The van der Waals surface area contributed by atoms with Gasteiger partial charge in [-0.15, -0.1) is 0 Å². The summed E-state index contributed by atoms with van der Waals surface area (Å²) in [6, 6.07) is -0.0580. The molecule has 1 unspecified atom stereocenters. The number of carbonyl (C=O) groups is 2. The third-order valence-electron chi connectivity index (χ3n) is 6.07. The molecule has 1 saturated carbocycles. The fourth-order valence-corrected chi connectivity index (χ4v) is 3.34. The lowest BCUT2D eigenvalue weighted by Crippen LogP contribution is -2.56. The predicted molar refractivity (Wildman–Crippen MR) is 76.3 cm³/mol. The molecule has 0 aromatic rings. The van der Waals surface area contributed by atoms with Crippen LogP contribution in [0, 0.1) is 28.6 Å². The molecule has 2 amide bonds. The van der Waals surface area contributed by atoms with Gasteiger partial charge in [0, 0.05) is 25.6 Å². The molecule has 2 N–H and O–H groups in total. The molecule has 20 heavy (non-hydrogen) atoms. The van der Waals surface area contributed by atoms with E-state index >= 15 is 0 Å². The Morgan fingerprint density at radius 3 is 2.15 bits per heavy atom. The Morgan fingerprint density at radius 1 is 1.25 bits per heavy atom. The number of nitrogens with zero attached hydrogens (tertiary/aromatic N) is 1. The number of carboxylic acids is 1. The molecule has 0 spiro atoms. The van der Waals surface area contributed by atoms with Crippen molar-refractivity contribution >= 4 is 12.0 Å². The first-order chi connectivity index (χ1) is 9.09. The highest BCUT2D eigenvalue weighted by Crippen LogP contribution is 2.67. The number of hydrogen-bond donors (Lipinski definition) is 2. The molecule has 0 bridgehead atoms. The van der Waals surface area contributed by atoms with Gasteiger partial charge in [-0.25, -0.2) is 4.79 Å². The summed E-state index contributed by atoms with van der Waals surface area (Å²) >= 11 is 0. The van der Waals surface area contributed by atoms with Crippen LogP contribution < -0.4 is 5.32 Å². The minimum Gasteiger partial charge on any atom is -0.481 e. The number of carboxylic acid groups (broad SMARTS) is 1. The Kier molecular flexibility index (Phi) is 3.51. The van der Waals surface area contributed by atoms with E-state index in [-0.39, 0.29) is 28.7 Å². The van der Waals surface area contributed by atoms with Crippen molar-refractivity contribution in [1.29, 1.82) is 0 Å². The van der Waals surface area contributed by atoms with Crippen LogP contribution in [0.3, 0.4) is 0 Å². The second kappa shape index (κ2) is 4.64. The van der Waals surface area contributed by atoms with Crippen LogP contribution in [0.15, 0.2) is 0 Å². The summed E-state index contributed by atoms with van der Waals surface area (Å²) in [5, 5.41) is 11.9. The smallest absolute Gasteiger partial charge is 0.317 e. The van der Waals surface area contributed by atoms with Gasteiger partial charge < -0.3 is 15.3 Å². The highest BCUT2D eigenvalue weighted by atomic mass is 16.4. The largest absolute Gasteiger partial charge is 0.481 e. The molecule has 2 fully saturated rings. The average Bonchev–Trinajstić information content (AvgIpc) is 2.64. The molecule has 0 radical (unpaired) electrons. The van der Waals surface area contributed by atoms with Crippen LogP contribution in [-0.2, 0) is 4.79 Å². The number of amides is 2. The summed E-state index contributed by atoms with van der Waals surface area (Å²) < 4.78 is 0. The van der Waals surface area contributed by atoms with Gasteiger partial charge in [0.25, 0.3) is 0 Å². The Bertz CT molecular complexity index is 411. The molecule has 1 aliphatic carbocycles. The van der Waals surface area contributed by atoms with E-state index in [1.807, 2.05) is 0 Å². The Morgan fingerprint density at radius 2 is 1.75 bits per heavy atom. The van der Waals surface area contributed by atoms with Crippen molar-refractivity contribution in [2.75, 3.05) is 19.6 Å². The first kappa shape index (κ1) is 15.1. The zero-order valence-electron chi connectivity index (χ0n) is 13.1. The van der Waals surface area contributed by atoms with E-state index in [4.69, 9.17) is 5.11 Å². The molecule has 0 aromatic heterocycles. The fourth-order valence-electron chi connectivity index (χ4n) is 3.34. The monoisotopic (exact) mass is 282 g/mol. The van der Waals surface area contributed by atoms with Crippen LogP contribution in [0.5, 0.6) is 0 Å². The van der Waals surface area contributed by atoms with Crippen LogP contribution in [0.2, 0.25) is 0 Å². The molecule has 2 aliphatic rings. The number of carbonyl (C=O) groups excluding carboxylic acids is 1. The molecular formula is C15H26N2O3. The molecule has 114 valence electrons. The number of aliphatic carboxylic acids is 1. The van der Waals surface area contributed by atoms with Crippen LogP contribution in [0.1, 0.15) is 34.6 Å². The highest BCUT2D eigenvalue weighted by Gasteiger charge is 2.64. The molecule has 1 atom stereocenters. The number of nitrogens with one attached hydrogen (secondary N) is 1. The zero-order valence-corrected chi connectivity index (χ0v) is 13.1.